The molecule has 0 heterocycles. The minimum absolute atomic E-state index is 0.269. The summed E-state index contributed by atoms with van der Waals surface area (Å²) < 4.78 is 5.31. The fourth-order valence-corrected chi connectivity index (χ4v) is 2.91. The van der Waals surface area contributed by atoms with Crippen LogP contribution in [0.25, 0.3) is 16.7 Å². The van der Waals surface area contributed by atoms with E-state index in [2.05, 4.69) is 18.2 Å². The van der Waals surface area contributed by atoms with Crippen molar-refractivity contribution in [2.75, 3.05) is 7.11 Å². The van der Waals surface area contributed by atoms with Crippen LogP contribution in [0.15, 0.2) is 54.1 Å². The highest BCUT2D eigenvalue weighted by atomic mass is 16.5. The van der Waals surface area contributed by atoms with Gasteiger partial charge in [-0.2, -0.15) is 0 Å². The number of benzene rings is 2. The Balaban J connectivity index is 2.14. The summed E-state index contributed by atoms with van der Waals surface area (Å²) in [6.07, 6.45) is 1.47. The maximum atomic E-state index is 11.8. The summed E-state index contributed by atoms with van der Waals surface area (Å²) in [4.78, 5) is 11.8. The first kappa shape index (κ1) is 13.6. The van der Waals surface area contributed by atoms with Crippen molar-refractivity contribution >= 4 is 11.4 Å². The zero-order valence-corrected chi connectivity index (χ0v) is 12.3. The van der Waals surface area contributed by atoms with Crippen molar-refractivity contribution in [3.63, 3.8) is 0 Å². The van der Waals surface area contributed by atoms with E-state index in [-0.39, 0.29) is 5.78 Å². The predicted molar refractivity (Wildman–Crippen MR) is 85.3 cm³/mol. The Morgan fingerprint density at radius 3 is 2.38 bits per heavy atom. The van der Waals surface area contributed by atoms with Gasteiger partial charge in [0, 0.05) is 6.42 Å². The van der Waals surface area contributed by atoms with Crippen molar-refractivity contribution in [1.82, 2.24) is 0 Å². The number of carbonyl (C=O) groups is 1. The van der Waals surface area contributed by atoms with Crippen LogP contribution in [-0.2, 0) is 4.79 Å². The molecule has 2 nitrogen and oxygen atoms in total. The molecular formula is C19H18O2. The lowest BCUT2D eigenvalue weighted by Gasteiger charge is -2.12. The Hall–Kier alpha value is -2.35. The highest BCUT2D eigenvalue weighted by Gasteiger charge is 2.22. The monoisotopic (exact) mass is 278 g/mol. The first-order valence-electron chi connectivity index (χ1n) is 7.17. The third-order valence-corrected chi connectivity index (χ3v) is 4.11. The van der Waals surface area contributed by atoms with Gasteiger partial charge in [0.05, 0.1) is 7.11 Å². The lowest BCUT2D eigenvalue weighted by atomic mass is 9.93. The van der Waals surface area contributed by atoms with Crippen LogP contribution in [-0.4, -0.2) is 12.9 Å². The van der Waals surface area contributed by atoms with E-state index in [1.165, 1.54) is 5.57 Å². The second-order valence-corrected chi connectivity index (χ2v) is 5.30. The Morgan fingerprint density at radius 1 is 0.952 bits per heavy atom. The highest BCUT2D eigenvalue weighted by molar-refractivity contribution is 6.07. The molecule has 0 bridgehead atoms. The number of Topliss-reactive ketones (excluding diaryl/α,β-unsaturated/α-hetero) is 1. The van der Waals surface area contributed by atoms with Crippen molar-refractivity contribution < 1.29 is 9.53 Å². The lowest BCUT2D eigenvalue weighted by Crippen LogP contribution is -1.92. The highest BCUT2D eigenvalue weighted by Crippen LogP contribution is 2.37. The van der Waals surface area contributed by atoms with Crippen molar-refractivity contribution in [3.8, 4) is 16.9 Å². The maximum absolute atomic E-state index is 11.8. The molecule has 0 unspecified atom stereocenters. The second kappa shape index (κ2) is 5.57. The van der Waals surface area contributed by atoms with Gasteiger partial charge < -0.3 is 4.74 Å². The summed E-state index contributed by atoms with van der Waals surface area (Å²) in [6, 6.07) is 16.3. The number of ether oxygens (including phenoxy) is 1. The molecule has 0 saturated heterocycles. The number of carbonyl (C=O) groups excluding carboxylic acids is 1. The molecule has 0 spiro atoms. The van der Waals surface area contributed by atoms with Gasteiger partial charge in [-0.15, -0.1) is 0 Å². The van der Waals surface area contributed by atoms with Crippen LogP contribution < -0.4 is 4.74 Å². The topological polar surface area (TPSA) is 26.3 Å². The Labute approximate surface area is 125 Å². The summed E-state index contributed by atoms with van der Waals surface area (Å²) in [5, 5.41) is 0. The van der Waals surface area contributed by atoms with Gasteiger partial charge >= 0.3 is 0 Å². The molecule has 0 saturated carbocycles. The Kier molecular flexibility index (Phi) is 3.61. The number of hydrogen-bond donors (Lipinski definition) is 0. The van der Waals surface area contributed by atoms with Crippen LogP contribution in [0.1, 0.15) is 25.3 Å². The average Bonchev–Trinajstić information content (AvgIpc) is 2.87. The standard InChI is InChI=1S/C19H18O2/c1-13-16(10-11-19(13)20)18-9-4-3-8-17(18)14-6-5-7-15(12-14)21-2/h3-9,12H,10-11H2,1-2H3. The summed E-state index contributed by atoms with van der Waals surface area (Å²) >= 11 is 0. The third kappa shape index (κ3) is 2.49. The molecule has 21 heavy (non-hydrogen) atoms. The molecule has 1 aliphatic rings. The Bertz CT molecular complexity index is 726. The summed E-state index contributed by atoms with van der Waals surface area (Å²) in [5.41, 5.74) is 5.52. The van der Waals surface area contributed by atoms with Gasteiger partial charge in [0.25, 0.3) is 0 Å². The molecule has 0 fully saturated rings. The van der Waals surface area contributed by atoms with Gasteiger partial charge in [0.15, 0.2) is 5.78 Å². The van der Waals surface area contributed by atoms with Crippen LogP contribution in [0.4, 0.5) is 0 Å². The van der Waals surface area contributed by atoms with Gasteiger partial charge in [-0.1, -0.05) is 36.4 Å². The van der Waals surface area contributed by atoms with E-state index in [0.29, 0.717) is 6.42 Å². The second-order valence-electron chi connectivity index (χ2n) is 5.30. The van der Waals surface area contributed by atoms with E-state index >= 15 is 0 Å². The number of methoxy groups -OCH3 is 1. The van der Waals surface area contributed by atoms with E-state index in [9.17, 15) is 4.79 Å². The molecule has 0 atom stereocenters. The molecule has 0 amide bonds. The molecule has 0 N–H and O–H groups in total. The van der Waals surface area contributed by atoms with E-state index < -0.39 is 0 Å². The molecule has 2 aromatic rings. The van der Waals surface area contributed by atoms with Crippen LogP contribution in [0.3, 0.4) is 0 Å². The minimum atomic E-state index is 0.269. The number of allylic oxidation sites excluding steroid dienone is 2. The van der Waals surface area contributed by atoms with E-state index in [1.54, 1.807) is 7.11 Å². The zero-order valence-electron chi connectivity index (χ0n) is 12.3. The fourth-order valence-electron chi connectivity index (χ4n) is 2.91. The normalized spacial score (nSPS) is 14.7. The van der Waals surface area contributed by atoms with Crippen LogP contribution in [0.2, 0.25) is 0 Å². The number of rotatable bonds is 3. The van der Waals surface area contributed by atoms with Crippen LogP contribution >= 0.6 is 0 Å². The first-order chi connectivity index (χ1) is 10.2. The van der Waals surface area contributed by atoms with Gasteiger partial charge in [-0.05, 0) is 53.3 Å². The van der Waals surface area contributed by atoms with Gasteiger partial charge in [0.1, 0.15) is 5.75 Å². The van der Waals surface area contributed by atoms with Crippen molar-refractivity contribution in [1.29, 1.82) is 0 Å². The molecule has 3 rings (SSSR count). The Morgan fingerprint density at radius 2 is 1.71 bits per heavy atom. The molecule has 0 radical (unpaired) electrons. The molecule has 2 aromatic carbocycles. The van der Waals surface area contributed by atoms with E-state index in [4.69, 9.17) is 4.74 Å². The maximum Gasteiger partial charge on any atom is 0.159 e. The van der Waals surface area contributed by atoms with E-state index in [0.717, 1.165) is 34.4 Å². The van der Waals surface area contributed by atoms with Gasteiger partial charge in [0.2, 0.25) is 0 Å². The quantitative estimate of drug-likeness (QED) is 0.826. The van der Waals surface area contributed by atoms with Crippen LogP contribution in [0, 0.1) is 0 Å². The first-order valence-corrected chi connectivity index (χ1v) is 7.17. The summed E-state index contributed by atoms with van der Waals surface area (Å²) in [7, 11) is 1.67. The lowest BCUT2D eigenvalue weighted by molar-refractivity contribution is -0.114. The van der Waals surface area contributed by atoms with E-state index in [1.807, 2.05) is 37.3 Å². The molecule has 2 heteroatoms. The van der Waals surface area contributed by atoms with Crippen LogP contribution in [0.5, 0.6) is 5.75 Å². The van der Waals surface area contributed by atoms with Crippen molar-refractivity contribution in [2.24, 2.45) is 0 Å². The summed E-state index contributed by atoms with van der Waals surface area (Å²) in [5.74, 6) is 1.11. The average molecular weight is 278 g/mol. The largest absolute Gasteiger partial charge is 0.497 e. The SMILES string of the molecule is COc1cccc(-c2ccccc2C2=C(C)C(=O)CC2)c1. The molecule has 106 valence electrons. The molecular weight excluding hydrogens is 260 g/mol. The number of ketones is 1. The van der Waals surface area contributed by atoms with Gasteiger partial charge in [-0.25, -0.2) is 0 Å². The summed E-state index contributed by atoms with van der Waals surface area (Å²) in [6.45, 7) is 1.94. The minimum Gasteiger partial charge on any atom is -0.497 e. The fraction of sp³-hybridized carbons (Fsp3) is 0.211. The van der Waals surface area contributed by atoms with Crippen molar-refractivity contribution in [3.05, 3.63) is 59.7 Å². The van der Waals surface area contributed by atoms with Gasteiger partial charge in [-0.3, -0.25) is 4.79 Å². The molecule has 0 aromatic heterocycles. The molecule has 0 aliphatic heterocycles. The van der Waals surface area contributed by atoms with Crippen molar-refractivity contribution in [2.45, 2.75) is 19.8 Å². The smallest absolute Gasteiger partial charge is 0.159 e. The zero-order chi connectivity index (χ0) is 14.8. The predicted octanol–water partition coefficient (Wildman–Crippen LogP) is 4.50. The third-order valence-electron chi connectivity index (χ3n) is 4.11. The molecule has 1 aliphatic carbocycles. The number of hydrogen-bond acceptors (Lipinski definition) is 2.